The molecule has 20 heavy (non-hydrogen) atoms. The van der Waals surface area contributed by atoms with Crippen LogP contribution in [0.4, 0.5) is 11.4 Å². The summed E-state index contributed by atoms with van der Waals surface area (Å²) in [6.45, 7) is 1.81. The number of methoxy groups -OCH3 is 1. The molecule has 1 aromatic carbocycles. The first kappa shape index (κ1) is 14.3. The maximum Gasteiger partial charge on any atom is 0.257 e. The van der Waals surface area contributed by atoms with Gasteiger partial charge in [0.25, 0.3) is 5.91 Å². The number of aromatic nitrogens is 1. The lowest BCUT2D eigenvalue weighted by Gasteiger charge is -2.11. The van der Waals surface area contributed by atoms with Crippen LogP contribution in [0.15, 0.2) is 34.9 Å². The largest absolute Gasteiger partial charge is 0.495 e. The van der Waals surface area contributed by atoms with Crippen molar-refractivity contribution in [3.05, 3.63) is 46.2 Å². The topological polar surface area (TPSA) is 77.2 Å². The Balaban J connectivity index is 2.28. The smallest absolute Gasteiger partial charge is 0.257 e. The van der Waals surface area contributed by atoms with Crippen LogP contribution >= 0.6 is 15.9 Å². The second kappa shape index (κ2) is 5.92. The summed E-state index contributed by atoms with van der Waals surface area (Å²) >= 11 is 3.28. The van der Waals surface area contributed by atoms with Gasteiger partial charge in [-0.05, 0) is 47.1 Å². The van der Waals surface area contributed by atoms with E-state index < -0.39 is 0 Å². The number of carbonyl (C=O) groups excluding carboxylic acids is 1. The summed E-state index contributed by atoms with van der Waals surface area (Å²) in [5, 5.41) is 2.79. The van der Waals surface area contributed by atoms with Gasteiger partial charge in [-0.25, -0.2) is 4.98 Å². The number of aryl methyl sites for hydroxylation is 1. The maximum atomic E-state index is 12.3. The molecule has 0 atom stereocenters. The van der Waals surface area contributed by atoms with Crippen LogP contribution in [-0.4, -0.2) is 18.0 Å². The predicted octanol–water partition coefficient (Wildman–Crippen LogP) is 3.00. The molecule has 1 aromatic heterocycles. The number of rotatable bonds is 3. The molecule has 3 N–H and O–H groups in total. The van der Waals surface area contributed by atoms with Crippen molar-refractivity contribution in [1.82, 2.24) is 4.98 Å². The summed E-state index contributed by atoms with van der Waals surface area (Å²) in [6.07, 6.45) is 0. The SMILES string of the molecule is COc1cccc(C(=O)Nc2ccc(Br)nc2C)c1N. The fourth-order valence-corrected chi connectivity index (χ4v) is 2.17. The first-order chi connectivity index (χ1) is 9.52. The predicted molar refractivity (Wildman–Crippen MR) is 82.0 cm³/mol. The van der Waals surface area contributed by atoms with Crippen molar-refractivity contribution < 1.29 is 9.53 Å². The second-order valence-corrected chi connectivity index (χ2v) is 4.96. The van der Waals surface area contributed by atoms with Crippen LogP contribution in [0.3, 0.4) is 0 Å². The molecule has 0 aliphatic carbocycles. The number of benzene rings is 1. The third-order valence-corrected chi connectivity index (χ3v) is 3.27. The van der Waals surface area contributed by atoms with Crippen molar-refractivity contribution in [2.75, 3.05) is 18.2 Å². The van der Waals surface area contributed by atoms with Gasteiger partial charge in [-0.2, -0.15) is 0 Å². The Morgan fingerprint density at radius 3 is 2.75 bits per heavy atom. The highest BCUT2D eigenvalue weighted by Crippen LogP contribution is 2.26. The van der Waals surface area contributed by atoms with E-state index in [9.17, 15) is 4.79 Å². The molecule has 0 spiro atoms. The Hall–Kier alpha value is -2.08. The molecule has 0 fully saturated rings. The number of nitrogens with two attached hydrogens (primary N) is 1. The lowest BCUT2D eigenvalue weighted by Crippen LogP contribution is -2.15. The number of nitrogen functional groups attached to an aromatic ring is 1. The van der Waals surface area contributed by atoms with Gasteiger partial charge in [0.1, 0.15) is 10.4 Å². The van der Waals surface area contributed by atoms with Gasteiger partial charge in [-0.3, -0.25) is 4.79 Å². The van der Waals surface area contributed by atoms with Crippen molar-refractivity contribution in [2.45, 2.75) is 6.92 Å². The number of para-hydroxylation sites is 1. The van der Waals surface area contributed by atoms with Crippen LogP contribution in [0.2, 0.25) is 0 Å². The standard InChI is InChI=1S/C14H14BrN3O2/c1-8-10(6-7-12(15)17-8)18-14(19)9-4-3-5-11(20-2)13(9)16/h3-7H,16H2,1-2H3,(H,18,19). The summed E-state index contributed by atoms with van der Waals surface area (Å²) in [4.78, 5) is 16.5. The van der Waals surface area contributed by atoms with Gasteiger partial charge in [0, 0.05) is 0 Å². The van der Waals surface area contributed by atoms with E-state index in [1.807, 2.05) is 6.92 Å². The molecule has 104 valence electrons. The lowest BCUT2D eigenvalue weighted by atomic mass is 10.1. The zero-order valence-electron chi connectivity index (χ0n) is 11.1. The van der Waals surface area contributed by atoms with Crippen molar-refractivity contribution in [3.8, 4) is 5.75 Å². The van der Waals surface area contributed by atoms with Crippen LogP contribution in [0.25, 0.3) is 0 Å². The number of halogens is 1. The van der Waals surface area contributed by atoms with Crippen LogP contribution < -0.4 is 15.8 Å². The Morgan fingerprint density at radius 1 is 1.35 bits per heavy atom. The van der Waals surface area contributed by atoms with E-state index >= 15 is 0 Å². The normalized spacial score (nSPS) is 10.2. The van der Waals surface area contributed by atoms with Crippen LogP contribution in [0, 0.1) is 6.92 Å². The maximum absolute atomic E-state index is 12.3. The van der Waals surface area contributed by atoms with Crippen molar-refractivity contribution in [1.29, 1.82) is 0 Å². The fraction of sp³-hybridized carbons (Fsp3) is 0.143. The molecular weight excluding hydrogens is 322 g/mol. The highest BCUT2D eigenvalue weighted by molar-refractivity contribution is 9.10. The number of nitrogens with zero attached hydrogens (tertiary/aromatic N) is 1. The number of ether oxygens (including phenoxy) is 1. The molecule has 1 amide bonds. The number of nitrogens with one attached hydrogen (secondary N) is 1. The van der Waals surface area contributed by atoms with Gasteiger partial charge in [-0.1, -0.05) is 6.07 Å². The molecule has 0 unspecified atom stereocenters. The quantitative estimate of drug-likeness (QED) is 0.667. The molecule has 6 heteroatoms. The van der Waals surface area contributed by atoms with Gasteiger partial charge >= 0.3 is 0 Å². The number of amides is 1. The van der Waals surface area contributed by atoms with E-state index in [1.54, 1.807) is 30.3 Å². The molecule has 0 saturated carbocycles. The van der Waals surface area contributed by atoms with E-state index in [-0.39, 0.29) is 5.91 Å². The highest BCUT2D eigenvalue weighted by atomic mass is 79.9. The molecule has 0 aliphatic heterocycles. The molecular formula is C14H14BrN3O2. The van der Waals surface area contributed by atoms with Gasteiger partial charge in [0.2, 0.25) is 0 Å². The Morgan fingerprint density at radius 2 is 2.10 bits per heavy atom. The first-order valence-corrected chi connectivity index (χ1v) is 6.69. The fourth-order valence-electron chi connectivity index (χ4n) is 1.77. The summed E-state index contributed by atoms with van der Waals surface area (Å²) in [5.74, 6) is 0.178. The van der Waals surface area contributed by atoms with Gasteiger partial charge in [-0.15, -0.1) is 0 Å². The summed E-state index contributed by atoms with van der Waals surface area (Å²) in [5.41, 5.74) is 7.94. The number of pyridine rings is 1. The molecule has 0 bridgehead atoms. The minimum atomic E-state index is -0.298. The van der Waals surface area contributed by atoms with Crippen molar-refractivity contribution in [3.63, 3.8) is 0 Å². The lowest BCUT2D eigenvalue weighted by molar-refractivity contribution is 0.102. The average Bonchev–Trinajstić information content (AvgIpc) is 2.42. The minimum absolute atomic E-state index is 0.298. The summed E-state index contributed by atoms with van der Waals surface area (Å²) < 4.78 is 5.82. The summed E-state index contributed by atoms with van der Waals surface area (Å²) in [6, 6.07) is 8.61. The van der Waals surface area contributed by atoms with Crippen LogP contribution in [0.1, 0.15) is 16.1 Å². The van der Waals surface area contributed by atoms with E-state index in [4.69, 9.17) is 10.5 Å². The highest BCUT2D eigenvalue weighted by Gasteiger charge is 2.14. The monoisotopic (exact) mass is 335 g/mol. The second-order valence-electron chi connectivity index (χ2n) is 4.14. The summed E-state index contributed by atoms with van der Waals surface area (Å²) in [7, 11) is 1.51. The van der Waals surface area contributed by atoms with Crippen molar-refractivity contribution >= 4 is 33.2 Å². The third kappa shape index (κ3) is 2.91. The van der Waals surface area contributed by atoms with Gasteiger partial charge < -0.3 is 15.8 Å². The van der Waals surface area contributed by atoms with Gasteiger partial charge in [0.05, 0.1) is 29.7 Å². The van der Waals surface area contributed by atoms with Crippen LogP contribution in [0.5, 0.6) is 5.75 Å². The molecule has 0 saturated heterocycles. The van der Waals surface area contributed by atoms with E-state index in [1.165, 1.54) is 7.11 Å². The Labute approximate surface area is 125 Å². The molecule has 0 radical (unpaired) electrons. The molecule has 0 aliphatic rings. The number of hydrogen-bond donors (Lipinski definition) is 2. The van der Waals surface area contributed by atoms with E-state index in [0.29, 0.717) is 33.0 Å². The first-order valence-electron chi connectivity index (χ1n) is 5.90. The average molecular weight is 336 g/mol. The molecule has 2 rings (SSSR count). The Kier molecular flexibility index (Phi) is 4.24. The van der Waals surface area contributed by atoms with E-state index in [2.05, 4.69) is 26.2 Å². The zero-order chi connectivity index (χ0) is 14.7. The molecule has 2 aromatic rings. The van der Waals surface area contributed by atoms with Crippen molar-refractivity contribution in [2.24, 2.45) is 0 Å². The molecule has 1 heterocycles. The third-order valence-electron chi connectivity index (χ3n) is 2.83. The number of hydrogen-bond acceptors (Lipinski definition) is 4. The van der Waals surface area contributed by atoms with E-state index in [0.717, 1.165) is 0 Å². The number of anilines is 2. The Bertz CT molecular complexity index is 659. The zero-order valence-corrected chi connectivity index (χ0v) is 12.7. The molecule has 5 nitrogen and oxygen atoms in total. The number of carbonyl (C=O) groups is 1. The van der Waals surface area contributed by atoms with Gasteiger partial charge in [0.15, 0.2) is 0 Å². The van der Waals surface area contributed by atoms with Crippen LogP contribution in [-0.2, 0) is 0 Å². The minimum Gasteiger partial charge on any atom is -0.495 e.